The first-order chi connectivity index (χ1) is 8.18. The number of H-pyrrole nitrogens is 1. The van der Waals surface area contributed by atoms with Crippen LogP contribution in [0.25, 0.3) is 0 Å². The van der Waals surface area contributed by atoms with E-state index in [-0.39, 0.29) is 11.6 Å². The van der Waals surface area contributed by atoms with Crippen molar-refractivity contribution in [2.75, 3.05) is 0 Å². The van der Waals surface area contributed by atoms with Gasteiger partial charge in [-0.1, -0.05) is 12.8 Å². The number of rotatable bonds is 2. The Morgan fingerprint density at radius 1 is 1.41 bits per heavy atom. The predicted octanol–water partition coefficient (Wildman–Crippen LogP) is 0.408. The Balaban J connectivity index is 2.06. The molecule has 1 aromatic rings. The number of hydrogen-bond donors (Lipinski definition) is 3. The van der Waals surface area contributed by atoms with Crippen molar-refractivity contribution in [1.29, 1.82) is 0 Å². The molecule has 1 saturated carbocycles. The van der Waals surface area contributed by atoms with Gasteiger partial charge in [0.2, 0.25) is 0 Å². The molecule has 1 heterocycles. The van der Waals surface area contributed by atoms with Crippen molar-refractivity contribution in [3.05, 3.63) is 34.2 Å². The quantitative estimate of drug-likeness (QED) is 0.695. The van der Waals surface area contributed by atoms with E-state index in [4.69, 9.17) is 0 Å². The summed E-state index contributed by atoms with van der Waals surface area (Å²) in [6, 6.07) is 2.84. The molecule has 1 aromatic heterocycles. The lowest BCUT2D eigenvalue weighted by Crippen LogP contribution is -2.46. The van der Waals surface area contributed by atoms with Gasteiger partial charge in [0.05, 0.1) is 12.1 Å². The number of carbonyl (C=O) groups excluding carboxylic acids is 1. The second kappa shape index (κ2) is 5.14. The molecule has 0 radical (unpaired) electrons. The van der Waals surface area contributed by atoms with Crippen molar-refractivity contribution in [2.45, 2.75) is 37.8 Å². The van der Waals surface area contributed by atoms with E-state index in [2.05, 4.69) is 10.3 Å². The summed E-state index contributed by atoms with van der Waals surface area (Å²) in [5.41, 5.74) is -0.319. The van der Waals surface area contributed by atoms with E-state index in [9.17, 15) is 14.7 Å². The number of aromatic amines is 1. The average molecular weight is 236 g/mol. The molecule has 1 amide bonds. The van der Waals surface area contributed by atoms with Crippen molar-refractivity contribution in [2.24, 2.45) is 0 Å². The first-order valence-corrected chi connectivity index (χ1v) is 5.85. The summed E-state index contributed by atoms with van der Waals surface area (Å²) in [4.78, 5) is 25.7. The minimum absolute atomic E-state index is 0.0882. The Hall–Kier alpha value is -1.62. The summed E-state index contributed by atoms with van der Waals surface area (Å²) >= 11 is 0. The minimum atomic E-state index is -0.504. The number of amides is 1. The van der Waals surface area contributed by atoms with Crippen LogP contribution in [0.5, 0.6) is 0 Å². The van der Waals surface area contributed by atoms with Crippen LogP contribution in [0.2, 0.25) is 0 Å². The fourth-order valence-electron chi connectivity index (χ4n) is 2.13. The minimum Gasteiger partial charge on any atom is -0.391 e. The van der Waals surface area contributed by atoms with E-state index in [1.165, 1.54) is 12.3 Å². The number of aromatic nitrogens is 1. The van der Waals surface area contributed by atoms with Crippen LogP contribution in [0, 0.1) is 0 Å². The van der Waals surface area contributed by atoms with Gasteiger partial charge in [0, 0.05) is 6.20 Å². The van der Waals surface area contributed by atoms with Crippen LogP contribution in [0.3, 0.4) is 0 Å². The summed E-state index contributed by atoms with van der Waals surface area (Å²) in [7, 11) is 0. The zero-order chi connectivity index (χ0) is 12.3. The lowest BCUT2D eigenvalue weighted by atomic mass is 9.92. The van der Waals surface area contributed by atoms with Crippen LogP contribution in [0.15, 0.2) is 23.1 Å². The number of aliphatic hydroxyl groups excluding tert-OH is 1. The number of pyridine rings is 1. The third kappa shape index (κ3) is 2.74. The smallest absolute Gasteiger partial charge is 0.260 e. The molecule has 0 spiro atoms. The molecule has 3 N–H and O–H groups in total. The fraction of sp³-hybridized carbons (Fsp3) is 0.500. The SMILES string of the molecule is O=C(N[C@H]1CCCC[C@@H]1O)c1ccc[nH]c1=O. The number of carbonyl (C=O) groups is 1. The standard InChI is InChI=1S/C12H16N2O3/c15-10-6-2-1-5-9(10)14-12(17)8-4-3-7-13-11(8)16/h3-4,7,9-10,15H,1-2,5-6H2,(H,13,16)(H,14,17)/t9-,10-/m0/s1. The lowest BCUT2D eigenvalue weighted by Gasteiger charge is -2.28. The molecule has 1 aliphatic rings. The summed E-state index contributed by atoms with van der Waals surface area (Å²) in [6.07, 6.45) is 4.42. The van der Waals surface area contributed by atoms with Gasteiger partial charge in [-0.15, -0.1) is 0 Å². The van der Waals surface area contributed by atoms with E-state index < -0.39 is 17.6 Å². The fourth-order valence-corrected chi connectivity index (χ4v) is 2.13. The Bertz CT molecular complexity index is 455. The molecule has 2 rings (SSSR count). The van der Waals surface area contributed by atoms with E-state index in [0.29, 0.717) is 6.42 Å². The number of nitrogens with one attached hydrogen (secondary N) is 2. The zero-order valence-electron chi connectivity index (χ0n) is 9.48. The highest BCUT2D eigenvalue weighted by molar-refractivity contribution is 5.93. The van der Waals surface area contributed by atoms with Crippen LogP contribution in [-0.2, 0) is 0 Å². The average Bonchev–Trinajstić information content (AvgIpc) is 2.32. The first-order valence-electron chi connectivity index (χ1n) is 5.85. The van der Waals surface area contributed by atoms with Gasteiger partial charge in [0.1, 0.15) is 5.56 Å². The second-order valence-corrected chi connectivity index (χ2v) is 4.34. The van der Waals surface area contributed by atoms with Gasteiger partial charge in [0.15, 0.2) is 0 Å². The number of hydrogen-bond acceptors (Lipinski definition) is 3. The van der Waals surface area contributed by atoms with Crippen molar-refractivity contribution in [3.63, 3.8) is 0 Å². The Labute approximate surface area is 98.9 Å². The molecular weight excluding hydrogens is 220 g/mol. The van der Waals surface area contributed by atoms with Crippen LogP contribution in [0.4, 0.5) is 0 Å². The maximum atomic E-state index is 11.8. The molecule has 1 fully saturated rings. The summed E-state index contributed by atoms with van der Waals surface area (Å²) in [5.74, 6) is -0.419. The molecule has 0 aliphatic heterocycles. The van der Waals surface area contributed by atoms with Gasteiger partial charge in [-0.3, -0.25) is 9.59 Å². The third-order valence-corrected chi connectivity index (χ3v) is 3.11. The Kier molecular flexibility index (Phi) is 3.58. The third-order valence-electron chi connectivity index (χ3n) is 3.11. The predicted molar refractivity (Wildman–Crippen MR) is 62.8 cm³/mol. The first kappa shape index (κ1) is 11.9. The van der Waals surface area contributed by atoms with Gasteiger partial charge >= 0.3 is 0 Å². The highest BCUT2D eigenvalue weighted by atomic mass is 16.3. The maximum absolute atomic E-state index is 11.8. The Morgan fingerprint density at radius 3 is 2.88 bits per heavy atom. The van der Waals surface area contributed by atoms with Crippen LogP contribution >= 0.6 is 0 Å². The van der Waals surface area contributed by atoms with Gasteiger partial charge < -0.3 is 15.4 Å². The molecule has 92 valence electrons. The highest BCUT2D eigenvalue weighted by Crippen LogP contribution is 2.18. The highest BCUT2D eigenvalue weighted by Gasteiger charge is 2.25. The lowest BCUT2D eigenvalue weighted by molar-refractivity contribution is 0.0716. The largest absolute Gasteiger partial charge is 0.391 e. The molecule has 5 heteroatoms. The van der Waals surface area contributed by atoms with E-state index >= 15 is 0 Å². The van der Waals surface area contributed by atoms with Crippen molar-refractivity contribution in [3.8, 4) is 0 Å². The summed E-state index contributed by atoms with van der Waals surface area (Å²) in [5, 5.41) is 12.5. The normalized spacial score (nSPS) is 24.3. The number of aliphatic hydroxyl groups is 1. The Morgan fingerprint density at radius 2 is 2.18 bits per heavy atom. The molecule has 0 saturated heterocycles. The molecule has 2 atom stereocenters. The molecule has 0 aromatic carbocycles. The zero-order valence-corrected chi connectivity index (χ0v) is 9.48. The monoisotopic (exact) mass is 236 g/mol. The van der Waals surface area contributed by atoms with Crippen LogP contribution in [0.1, 0.15) is 36.0 Å². The topological polar surface area (TPSA) is 82.2 Å². The van der Waals surface area contributed by atoms with E-state index in [1.807, 2.05) is 0 Å². The second-order valence-electron chi connectivity index (χ2n) is 4.34. The van der Waals surface area contributed by atoms with Crippen molar-refractivity contribution < 1.29 is 9.90 Å². The molecule has 1 aliphatic carbocycles. The molecule has 17 heavy (non-hydrogen) atoms. The maximum Gasteiger partial charge on any atom is 0.260 e. The van der Waals surface area contributed by atoms with Gasteiger partial charge in [-0.2, -0.15) is 0 Å². The van der Waals surface area contributed by atoms with E-state index in [0.717, 1.165) is 19.3 Å². The van der Waals surface area contributed by atoms with Crippen LogP contribution < -0.4 is 10.9 Å². The van der Waals surface area contributed by atoms with Gasteiger partial charge in [-0.05, 0) is 25.0 Å². The van der Waals surface area contributed by atoms with E-state index in [1.54, 1.807) is 6.07 Å². The van der Waals surface area contributed by atoms with Gasteiger partial charge in [0.25, 0.3) is 11.5 Å². The molecule has 0 bridgehead atoms. The molecule has 0 unspecified atom stereocenters. The van der Waals surface area contributed by atoms with Crippen LogP contribution in [-0.4, -0.2) is 28.1 Å². The molecule has 5 nitrogen and oxygen atoms in total. The van der Waals surface area contributed by atoms with Crippen molar-refractivity contribution in [1.82, 2.24) is 10.3 Å². The van der Waals surface area contributed by atoms with Gasteiger partial charge in [-0.25, -0.2) is 0 Å². The summed E-state index contributed by atoms with van der Waals surface area (Å²) < 4.78 is 0. The molecular formula is C12H16N2O3. The summed E-state index contributed by atoms with van der Waals surface area (Å²) in [6.45, 7) is 0. The van der Waals surface area contributed by atoms with Crippen molar-refractivity contribution >= 4 is 5.91 Å².